The Labute approximate surface area is 155 Å². The van der Waals surface area contributed by atoms with Gasteiger partial charge < -0.3 is 19.7 Å². The summed E-state index contributed by atoms with van der Waals surface area (Å²) < 4.78 is 10.9. The van der Waals surface area contributed by atoms with Crippen LogP contribution in [0.3, 0.4) is 0 Å². The van der Waals surface area contributed by atoms with Crippen LogP contribution in [0.25, 0.3) is 0 Å². The van der Waals surface area contributed by atoms with Gasteiger partial charge in [-0.3, -0.25) is 4.98 Å². The first-order valence-corrected chi connectivity index (χ1v) is 9.50. The van der Waals surface area contributed by atoms with E-state index in [4.69, 9.17) is 9.47 Å². The number of pyridine rings is 1. The molecule has 5 heteroatoms. The maximum absolute atomic E-state index is 5.50. The third-order valence-electron chi connectivity index (χ3n) is 5.35. The third-order valence-corrected chi connectivity index (χ3v) is 5.35. The van der Waals surface area contributed by atoms with Gasteiger partial charge in [0.05, 0.1) is 0 Å². The molecule has 4 rings (SSSR count). The van der Waals surface area contributed by atoms with E-state index in [1.54, 1.807) is 0 Å². The molecule has 0 aliphatic carbocycles. The van der Waals surface area contributed by atoms with E-state index < -0.39 is 0 Å². The van der Waals surface area contributed by atoms with Crippen molar-refractivity contribution in [1.29, 1.82) is 0 Å². The Hall–Kier alpha value is -2.27. The number of ether oxygens (including phenoxy) is 2. The molecule has 138 valence electrons. The third kappa shape index (κ3) is 3.78. The molecular formula is C21H27N3O2. The van der Waals surface area contributed by atoms with E-state index in [-0.39, 0.29) is 0 Å². The molecule has 2 aromatic rings. The highest BCUT2D eigenvalue weighted by molar-refractivity contribution is 5.57. The number of anilines is 1. The van der Waals surface area contributed by atoms with E-state index in [1.807, 2.05) is 18.3 Å². The molecule has 1 aromatic heterocycles. The first-order valence-electron chi connectivity index (χ1n) is 9.50. The summed E-state index contributed by atoms with van der Waals surface area (Å²) in [6.45, 7) is 6.86. The Morgan fingerprint density at radius 2 is 2.00 bits per heavy atom. The van der Waals surface area contributed by atoms with E-state index in [0.29, 0.717) is 18.9 Å². The minimum atomic E-state index is 0.332. The van der Waals surface area contributed by atoms with Crippen molar-refractivity contribution in [2.45, 2.75) is 45.2 Å². The molecule has 1 N–H and O–H groups in total. The first kappa shape index (κ1) is 17.2. The van der Waals surface area contributed by atoms with Crippen LogP contribution in [0.1, 0.15) is 31.0 Å². The second-order valence-electron chi connectivity index (χ2n) is 7.34. The molecule has 0 spiro atoms. The van der Waals surface area contributed by atoms with Crippen molar-refractivity contribution in [3.63, 3.8) is 0 Å². The normalized spacial score (nSPS) is 18.2. The number of rotatable bonds is 5. The highest BCUT2D eigenvalue weighted by Crippen LogP contribution is 2.36. The summed E-state index contributed by atoms with van der Waals surface area (Å²) >= 11 is 0. The van der Waals surface area contributed by atoms with E-state index in [2.05, 4.69) is 47.2 Å². The van der Waals surface area contributed by atoms with Gasteiger partial charge in [-0.05, 0) is 50.5 Å². The molecule has 0 unspecified atom stereocenters. The van der Waals surface area contributed by atoms with E-state index in [9.17, 15) is 0 Å². The lowest BCUT2D eigenvalue weighted by Gasteiger charge is -2.35. The minimum absolute atomic E-state index is 0.332. The van der Waals surface area contributed by atoms with Crippen LogP contribution in [-0.2, 0) is 6.42 Å². The predicted molar refractivity (Wildman–Crippen MR) is 103 cm³/mol. The lowest BCUT2D eigenvalue weighted by atomic mass is 10.0. The Balaban J connectivity index is 1.29. The summed E-state index contributed by atoms with van der Waals surface area (Å²) in [6, 6.07) is 11.4. The van der Waals surface area contributed by atoms with Crippen LogP contribution in [0.15, 0.2) is 36.5 Å². The van der Waals surface area contributed by atoms with Crippen LogP contribution in [-0.4, -0.2) is 37.0 Å². The lowest BCUT2D eigenvalue weighted by Crippen LogP contribution is -2.46. The number of aromatic nitrogens is 1. The Kier molecular flexibility index (Phi) is 4.98. The number of aryl methyl sites for hydroxylation is 1. The zero-order valence-electron chi connectivity index (χ0n) is 15.6. The van der Waals surface area contributed by atoms with Crippen molar-refractivity contribution in [2.24, 2.45) is 0 Å². The van der Waals surface area contributed by atoms with Gasteiger partial charge in [0.25, 0.3) is 0 Å². The first-order chi connectivity index (χ1) is 12.7. The van der Waals surface area contributed by atoms with Crippen molar-refractivity contribution in [3.8, 4) is 11.5 Å². The average Bonchev–Trinajstić information content (AvgIpc) is 3.12. The number of nitrogens with one attached hydrogen (secondary N) is 1. The average molecular weight is 353 g/mol. The smallest absolute Gasteiger partial charge is 0.231 e. The van der Waals surface area contributed by atoms with Crippen LogP contribution < -0.4 is 19.7 Å². The second kappa shape index (κ2) is 7.54. The molecule has 1 aromatic carbocycles. The molecule has 3 heterocycles. The van der Waals surface area contributed by atoms with Crippen molar-refractivity contribution in [3.05, 3.63) is 47.8 Å². The maximum atomic E-state index is 5.50. The minimum Gasteiger partial charge on any atom is -0.454 e. The number of piperidine rings is 1. The molecule has 2 aliphatic heterocycles. The number of fused-ring (bicyclic) bond motifs is 1. The fourth-order valence-corrected chi connectivity index (χ4v) is 3.87. The summed E-state index contributed by atoms with van der Waals surface area (Å²) in [6.07, 6.45) is 5.17. The number of benzene rings is 1. The molecular weight excluding hydrogens is 326 g/mol. The Morgan fingerprint density at radius 3 is 2.81 bits per heavy atom. The molecule has 0 saturated carbocycles. The van der Waals surface area contributed by atoms with Gasteiger partial charge >= 0.3 is 0 Å². The topological polar surface area (TPSA) is 46.6 Å². The van der Waals surface area contributed by atoms with Gasteiger partial charge in [0, 0.05) is 55.2 Å². The zero-order valence-corrected chi connectivity index (χ0v) is 15.6. The summed E-state index contributed by atoms with van der Waals surface area (Å²) in [5.41, 5.74) is 3.70. The lowest BCUT2D eigenvalue weighted by molar-refractivity contribution is 0.174. The molecule has 1 atom stereocenters. The van der Waals surface area contributed by atoms with Crippen LogP contribution in [0, 0.1) is 6.92 Å². The van der Waals surface area contributed by atoms with Crippen molar-refractivity contribution in [1.82, 2.24) is 10.3 Å². The molecule has 2 aliphatic rings. The number of nitrogens with zero attached hydrogens (tertiary/aromatic N) is 2. The summed E-state index contributed by atoms with van der Waals surface area (Å²) in [7, 11) is 0. The van der Waals surface area contributed by atoms with Gasteiger partial charge in [0.2, 0.25) is 6.79 Å². The maximum Gasteiger partial charge on any atom is 0.231 e. The van der Waals surface area contributed by atoms with Gasteiger partial charge in [0.15, 0.2) is 11.5 Å². The Morgan fingerprint density at radius 1 is 1.19 bits per heavy atom. The fraction of sp³-hybridized carbons (Fsp3) is 0.476. The summed E-state index contributed by atoms with van der Waals surface area (Å²) in [5.74, 6) is 1.71. The van der Waals surface area contributed by atoms with Crippen LogP contribution >= 0.6 is 0 Å². The second-order valence-corrected chi connectivity index (χ2v) is 7.34. The number of hydrogen-bond acceptors (Lipinski definition) is 5. The molecule has 0 radical (unpaired) electrons. The van der Waals surface area contributed by atoms with Crippen molar-refractivity contribution < 1.29 is 9.47 Å². The van der Waals surface area contributed by atoms with Crippen LogP contribution in [0.5, 0.6) is 11.5 Å². The van der Waals surface area contributed by atoms with Crippen LogP contribution in [0.4, 0.5) is 5.69 Å². The predicted octanol–water partition coefficient (Wildman–Crippen LogP) is 3.31. The zero-order chi connectivity index (χ0) is 17.9. The van der Waals surface area contributed by atoms with E-state index >= 15 is 0 Å². The van der Waals surface area contributed by atoms with Crippen molar-refractivity contribution in [2.75, 3.05) is 24.8 Å². The van der Waals surface area contributed by atoms with E-state index in [0.717, 1.165) is 43.9 Å². The number of hydrogen-bond donors (Lipinski definition) is 1. The quantitative estimate of drug-likeness (QED) is 0.894. The SMILES string of the molecule is Cc1cccnc1C[C@@H](C)NC1CCN(c2ccc3c(c2)OCO3)CC1. The molecule has 1 fully saturated rings. The van der Waals surface area contributed by atoms with Gasteiger partial charge in [-0.1, -0.05) is 6.07 Å². The standard InChI is InChI=1S/C21H27N3O2/c1-15-4-3-9-22-19(15)12-16(2)23-17-7-10-24(11-8-17)18-5-6-20-21(13-18)26-14-25-20/h3-6,9,13,16-17,23H,7-8,10-12,14H2,1-2H3/t16-/m1/s1. The largest absolute Gasteiger partial charge is 0.454 e. The molecule has 5 nitrogen and oxygen atoms in total. The summed E-state index contributed by atoms with van der Waals surface area (Å²) in [5, 5.41) is 3.80. The molecule has 1 saturated heterocycles. The van der Waals surface area contributed by atoms with Gasteiger partial charge in [-0.2, -0.15) is 0 Å². The molecule has 26 heavy (non-hydrogen) atoms. The Bertz CT molecular complexity index is 757. The van der Waals surface area contributed by atoms with Gasteiger partial charge in [-0.25, -0.2) is 0 Å². The van der Waals surface area contributed by atoms with Gasteiger partial charge in [0.1, 0.15) is 0 Å². The van der Waals surface area contributed by atoms with Gasteiger partial charge in [-0.15, -0.1) is 0 Å². The molecule has 0 bridgehead atoms. The van der Waals surface area contributed by atoms with Crippen molar-refractivity contribution >= 4 is 5.69 Å². The molecule has 0 amide bonds. The summed E-state index contributed by atoms with van der Waals surface area (Å²) in [4.78, 5) is 6.96. The monoisotopic (exact) mass is 353 g/mol. The highest BCUT2D eigenvalue weighted by Gasteiger charge is 2.22. The van der Waals surface area contributed by atoms with E-state index in [1.165, 1.54) is 16.9 Å². The highest BCUT2D eigenvalue weighted by atomic mass is 16.7. The van der Waals surface area contributed by atoms with Crippen LogP contribution in [0.2, 0.25) is 0 Å². The fourth-order valence-electron chi connectivity index (χ4n) is 3.87.